The van der Waals surface area contributed by atoms with E-state index in [1.807, 2.05) is 6.92 Å². The third-order valence-corrected chi connectivity index (χ3v) is 5.76. The summed E-state index contributed by atoms with van der Waals surface area (Å²) in [6.45, 7) is 2.29. The van der Waals surface area contributed by atoms with E-state index in [2.05, 4.69) is 0 Å². The molecule has 6 nitrogen and oxygen atoms in total. The average molecular weight is 312 g/mol. The summed E-state index contributed by atoms with van der Waals surface area (Å²) in [5.74, 6) is -1.28. The van der Waals surface area contributed by atoms with E-state index in [-0.39, 0.29) is 22.3 Å². The molecule has 0 aromatic heterocycles. The summed E-state index contributed by atoms with van der Waals surface area (Å²) < 4.78 is 32.1. The Bertz CT molecular complexity index is 641. The van der Waals surface area contributed by atoms with Crippen molar-refractivity contribution in [2.45, 2.75) is 37.1 Å². The summed E-state index contributed by atoms with van der Waals surface area (Å²) in [6.07, 6.45) is 2.58. The maximum absolute atomic E-state index is 12.8. The molecule has 1 aromatic rings. The highest BCUT2D eigenvalue weighted by Crippen LogP contribution is 2.31. The number of aromatic carboxylic acids is 1. The number of piperidine rings is 1. The van der Waals surface area contributed by atoms with Crippen molar-refractivity contribution in [2.75, 3.05) is 13.7 Å². The fraction of sp³-hybridized carbons (Fsp3) is 0.500. The lowest BCUT2D eigenvalue weighted by atomic mass is 10.1. The Morgan fingerprint density at radius 1 is 1.38 bits per heavy atom. The van der Waals surface area contributed by atoms with Crippen molar-refractivity contribution in [2.24, 2.45) is 0 Å². The first kappa shape index (κ1) is 15.8. The Morgan fingerprint density at radius 2 is 2.10 bits per heavy atom. The lowest BCUT2D eigenvalue weighted by molar-refractivity contribution is -0.255. The lowest BCUT2D eigenvalue weighted by Crippen LogP contribution is -2.42. The molecular formula is C14H18NO5S-. The molecule has 0 spiro atoms. The minimum absolute atomic E-state index is 0.111. The van der Waals surface area contributed by atoms with Gasteiger partial charge in [0, 0.05) is 12.6 Å². The molecule has 116 valence electrons. The van der Waals surface area contributed by atoms with E-state index in [1.165, 1.54) is 23.5 Å². The van der Waals surface area contributed by atoms with Crippen molar-refractivity contribution in [1.82, 2.24) is 4.31 Å². The number of benzene rings is 1. The molecule has 0 N–H and O–H groups in total. The van der Waals surface area contributed by atoms with E-state index >= 15 is 0 Å². The Labute approximate surface area is 124 Å². The van der Waals surface area contributed by atoms with Crippen LogP contribution in [0.5, 0.6) is 5.75 Å². The van der Waals surface area contributed by atoms with Crippen LogP contribution in [0.25, 0.3) is 0 Å². The van der Waals surface area contributed by atoms with Crippen LogP contribution in [-0.2, 0) is 10.0 Å². The fourth-order valence-corrected chi connectivity index (χ4v) is 4.44. The van der Waals surface area contributed by atoms with Crippen molar-refractivity contribution in [3.63, 3.8) is 0 Å². The number of ether oxygens (including phenoxy) is 1. The van der Waals surface area contributed by atoms with Gasteiger partial charge >= 0.3 is 0 Å². The molecule has 1 aliphatic rings. The van der Waals surface area contributed by atoms with Gasteiger partial charge in [-0.1, -0.05) is 6.42 Å². The maximum Gasteiger partial charge on any atom is 0.247 e. The van der Waals surface area contributed by atoms with Gasteiger partial charge in [0.1, 0.15) is 10.6 Å². The standard InChI is InChI=1S/C14H19NO5S/c1-10-5-3-4-8-15(10)21(18,19)13-9-11(14(16)17)6-7-12(13)20-2/h6-7,9-10H,3-5,8H2,1-2H3,(H,16,17)/p-1/t10-/m0/s1. The second kappa shape index (κ2) is 6.03. The van der Waals surface area contributed by atoms with Crippen molar-refractivity contribution in [1.29, 1.82) is 0 Å². The van der Waals surface area contributed by atoms with Crippen LogP contribution in [0.4, 0.5) is 0 Å². The highest BCUT2D eigenvalue weighted by atomic mass is 32.2. The number of rotatable bonds is 4. The van der Waals surface area contributed by atoms with Gasteiger partial charge < -0.3 is 14.6 Å². The minimum Gasteiger partial charge on any atom is -0.545 e. The topological polar surface area (TPSA) is 86.7 Å². The quantitative estimate of drug-likeness (QED) is 0.813. The van der Waals surface area contributed by atoms with E-state index in [9.17, 15) is 18.3 Å². The van der Waals surface area contributed by atoms with Gasteiger partial charge in [-0.3, -0.25) is 0 Å². The van der Waals surface area contributed by atoms with Crippen LogP contribution < -0.4 is 9.84 Å². The van der Waals surface area contributed by atoms with Crippen LogP contribution in [0.15, 0.2) is 23.1 Å². The number of carbonyl (C=O) groups is 1. The van der Waals surface area contributed by atoms with Gasteiger partial charge in [-0.05, 0) is 43.5 Å². The monoisotopic (exact) mass is 312 g/mol. The number of sulfonamides is 1. The van der Waals surface area contributed by atoms with Crippen LogP contribution in [0.1, 0.15) is 36.5 Å². The van der Waals surface area contributed by atoms with E-state index in [1.54, 1.807) is 0 Å². The van der Waals surface area contributed by atoms with Crippen LogP contribution in [-0.4, -0.2) is 38.4 Å². The van der Waals surface area contributed by atoms with E-state index in [0.29, 0.717) is 6.54 Å². The summed E-state index contributed by atoms with van der Waals surface area (Å²) >= 11 is 0. The molecule has 0 bridgehead atoms. The van der Waals surface area contributed by atoms with E-state index < -0.39 is 16.0 Å². The molecular weight excluding hydrogens is 294 g/mol. The number of methoxy groups -OCH3 is 1. The predicted molar refractivity (Wildman–Crippen MR) is 74.5 cm³/mol. The highest BCUT2D eigenvalue weighted by Gasteiger charge is 2.33. The zero-order valence-electron chi connectivity index (χ0n) is 12.0. The van der Waals surface area contributed by atoms with Gasteiger partial charge in [-0.15, -0.1) is 0 Å². The Morgan fingerprint density at radius 3 is 2.67 bits per heavy atom. The molecule has 0 saturated carbocycles. The summed E-state index contributed by atoms with van der Waals surface area (Å²) in [7, 11) is -2.44. The molecule has 1 fully saturated rings. The molecule has 0 unspecified atom stereocenters. The van der Waals surface area contributed by atoms with E-state index in [0.717, 1.165) is 25.3 Å². The molecule has 21 heavy (non-hydrogen) atoms. The molecule has 0 radical (unpaired) electrons. The van der Waals surface area contributed by atoms with Gasteiger partial charge in [0.25, 0.3) is 0 Å². The molecule has 1 atom stereocenters. The van der Waals surface area contributed by atoms with Gasteiger partial charge in [0.15, 0.2) is 0 Å². The zero-order chi connectivity index (χ0) is 15.6. The number of carboxylic acid groups (broad SMARTS) is 1. The highest BCUT2D eigenvalue weighted by molar-refractivity contribution is 7.89. The first-order chi connectivity index (χ1) is 9.87. The Kier molecular flexibility index (Phi) is 4.53. The summed E-state index contributed by atoms with van der Waals surface area (Å²) in [4.78, 5) is 10.8. The van der Waals surface area contributed by atoms with Crippen LogP contribution in [0, 0.1) is 0 Å². The molecule has 1 heterocycles. The minimum atomic E-state index is -3.79. The van der Waals surface area contributed by atoms with Crippen molar-refractivity contribution in [3.05, 3.63) is 23.8 Å². The molecule has 0 amide bonds. The predicted octanol–water partition coefficient (Wildman–Crippen LogP) is 0.622. The molecule has 0 aliphatic carbocycles. The third-order valence-electron chi connectivity index (χ3n) is 3.73. The number of carboxylic acids is 1. The number of hydrogen-bond acceptors (Lipinski definition) is 5. The molecule has 1 aliphatic heterocycles. The number of carbonyl (C=O) groups excluding carboxylic acids is 1. The largest absolute Gasteiger partial charge is 0.545 e. The lowest BCUT2D eigenvalue weighted by Gasteiger charge is -2.32. The normalized spacial score (nSPS) is 20.2. The first-order valence-electron chi connectivity index (χ1n) is 6.79. The zero-order valence-corrected chi connectivity index (χ0v) is 12.9. The summed E-state index contributed by atoms with van der Waals surface area (Å²) in [5.41, 5.74) is -0.181. The molecule has 2 rings (SSSR count). The maximum atomic E-state index is 12.8. The average Bonchev–Trinajstić information content (AvgIpc) is 2.46. The second-order valence-corrected chi connectivity index (χ2v) is 6.97. The number of nitrogens with zero attached hydrogens (tertiary/aromatic N) is 1. The van der Waals surface area contributed by atoms with Crippen LogP contribution in [0.3, 0.4) is 0 Å². The second-order valence-electron chi connectivity index (χ2n) is 5.11. The van der Waals surface area contributed by atoms with Crippen molar-refractivity contribution < 1.29 is 23.1 Å². The van der Waals surface area contributed by atoms with Crippen molar-refractivity contribution in [3.8, 4) is 5.75 Å². The molecule has 1 saturated heterocycles. The molecule has 7 heteroatoms. The van der Waals surface area contributed by atoms with Gasteiger partial charge in [-0.25, -0.2) is 8.42 Å². The fourth-order valence-electron chi connectivity index (χ4n) is 2.56. The van der Waals surface area contributed by atoms with E-state index in [4.69, 9.17) is 4.74 Å². The SMILES string of the molecule is COc1ccc(C(=O)[O-])cc1S(=O)(=O)N1CCCC[C@@H]1C. The van der Waals surface area contributed by atoms with Gasteiger partial charge in [0.2, 0.25) is 10.0 Å². The smallest absolute Gasteiger partial charge is 0.247 e. The summed E-state index contributed by atoms with van der Waals surface area (Å²) in [5, 5.41) is 11.0. The first-order valence-corrected chi connectivity index (χ1v) is 8.23. The van der Waals surface area contributed by atoms with Crippen LogP contribution >= 0.6 is 0 Å². The Balaban J connectivity index is 2.52. The number of hydrogen-bond donors (Lipinski definition) is 0. The van der Waals surface area contributed by atoms with Crippen molar-refractivity contribution >= 4 is 16.0 Å². The Hall–Kier alpha value is -1.60. The summed E-state index contributed by atoms with van der Waals surface area (Å²) in [6, 6.07) is 3.60. The molecule has 1 aromatic carbocycles. The van der Waals surface area contributed by atoms with Gasteiger partial charge in [0.05, 0.1) is 13.1 Å². The van der Waals surface area contributed by atoms with Crippen LogP contribution in [0.2, 0.25) is 0 Å². The third kappa shape index (κ3) is 3.03. The van der Waals surface area contributed by atoms with Gasteiger partial charge in [-0.2, -0.15) is 4.31 Å².